The van der Waals surface area contributed by atoms with Crippen LogP contribution in [-0.2, 0) is 9.59 Å². The van der Waals surface area contributed by atoms with Gasteiger partial charge in [0, 0.05) is 18.7 Å². The molecular weight excluding hydrogens is 234 g/mol. The minimum Gasteiger partial charge on any atom is -0.481 e. The molecular formula is C13H15NO4. The van der Waals surface area contributed by atoms with Crippen molar-refractivity contribution >= 4 is 17.6 Å². The van der Waals surface area contributed by atoms with E-state index in [2.05, 4.69) is 0 Å². The minimum atomic E-state index is -0.914. The predicted molar refractivity (Wildman–Crippen MR) is 65.5 cm³/mol. The van der Waals surface area contributed by atoms with Crippen molar-refractivity contribution in [2.75, 3.05) is 11.4 Å². The Bertz CT molecular complexity index is 468. The largest absolute Gasteiger partial charge is 0.481 e. The van der Waals surface area contributed by atoms with Gasteiger partial charge in [0.1, 0.15) is 6.10 Å². The number of anilines is 1. The number of carbonyl (C=O) groups is 2. The topological polar surface area (TPSA) is 77.8 Å². The van der Waals surface area contributed by atoms with Crippen molar-refractivity contribution in [3.8, 4) is 0 Å². The summed E-state index contributed by atoms with van der Waals surface area (Å²) in [7, 11) is 0. The Kier molecular flexibility index (Phi) is 3.34. The highest BCUT2D eigenvalue weighted by Gasteiger charge is 2.30. The molecule has 5 nitrogen and oxygen atoms in total. The standard InChI is InChI=1S/C13H15NO4/c1-8(13(17)18)9-2-4-10(5-3-9)14-7-6-11(15)12(14)16/h2-5,8,11,15H,6-7H2,1H3,(H,17,18). The SMILES string of the molecule is CC(C(=O)O)c1ccc(N2CCC(O)C2=O)cc1. The van der Waals surface area contributed by atoms with E-state index in [1.807, 2.05) is 0 Å². The smallest absolute Gasteiger partial charge is 0.310 e. The van der Waals surface area contributed by atoms with Crippen LogP contribution in [0.1, 0.15) is 24.8 Å². The summed E-state index contributed by atoms with van der Waals surface area (Å²) in [6.07, 6.45) is -0.478. The maximum Gasteiger partial charge on any atom is 0.310 e. The van der Waals surface area contributed by atoms with Gasteiger partial charge in [-0.3, -0.25) is 9.59 Å². The maximum absolute atomic E-state index is 11.6. The van der Waals surface area contributed by atoms with Gasteiger partial charge in [0.2, 0.25) is 0 Å². The van der Waals surface area contributed by atoms with Gasteiger partial charge in [-0.25, -0.2) is 0 Å². The lowest BCUT2D eigenvalue weighted by Crippen LogP contribution is -2.29. The van der Waals surface area contributed by atoms with Crippen molar-refractivity contribution < 1.29 is 19.8 Å². The second-order valence-corrected chi connectivity index (χ2v) is 4.45. The number of benzene rings is 1. The highest BCUT2D eigenvalue weighted by molar-refractivity contribution is 5.98. The molecule has 2 N–H and O–H groups in total. The van der Waals surface area contributed by atoms with Crippen molar-refractivity contribution in [3.63, 3.8) is 0 Å². The van der Waals surface area contributed by atoms with Crippen LogP contribution in [0.5, 0.6) is 0 Å². The number of hydrogen-bond donors (Lipinski definition) is 2. The van der Waals surface area contributed by atoms with E-state index in [9.17, 15) is 14.7 Å². The summed E-state index contributed by atoms with van der Waals surface area (Å²) in [6, 6.07) is 6.83. The molecule has 96 valence electrons. The zero-order chi connectivity index (χ0) is 13.3. The number of carbonyl (C=O) groups excluding carboxylic acids is 1. The first-order valence-electron chi connectivity index (χ1n) is 5.83. The van der Waals surface area contributed by atoms with E-state index in [1.165, 1.54) is 4.90 Å². The third-order valence-corrected chi connectivity index (χ3v) is 3.25. The van der Waals surface area contributed by atoms with Crippen LogP contribution in [0.15, 0.2) is 24.3 Å². The Hall–Kier alpha value is -1.88. The molecule has 1 heterocycles. The molecule has 1 saturated heterocycles. The third-order valence-electron chi connectivity index (χ3n) is 3.25. The fraction of sp³-hybridized carbons (Fsp3) is 0.385. The zero-order valence-corrected chi connectivity index (χ0v) is 10.0. The van der Waals surface area contributed by atoms with Crippen LogP contribution in [-0.4, -0.2) is 34.7 Å². The molecule has 0 aliphatic carbocycles. The van der Waals surface area contributed by atoms with E-state index in [1.54, 1.807) is 31.2 Å². The van der Waals surface area contributed by atoms with Crippen LogP contribution in [0.3, 0.4) is 0 Å². The maximum atomic E-state index is 11.6. The van der Waals surface area contributed by atoms with Crippen LogP contribution in [0.2, 0.25) is 0 Å². The molecule has 0 saturated carbocycles. The number of aliphatic hydroxyl groups is 1. The fourth-order valence-corrected chi connectivity index (χ4v) is 2.01. The van der Waals surface area contributed by atoms with Gasteiger partial charge in [0.25, 0.3) is 5.91 Å². The van der Waals surface area contributed by atoms with Crippen LogP contribution >= 0.6 is 0 Å². The second kappa shape index (κ2) is 4.78. The summed E-state index contributed by atoms with van der Waals surface area (Å²) in [6.45, 7) is 2.11. The van der Waals surface area contributed by atoms with E-state index < -0.39 is 18.0 Å². The molecule has 18 heavy (non-hydrogen) atoms. The summed E-state index contributed by atoms with van der Waals surface area (Å²) >= 11 is 0. The molecule has 1 fully saturated rings. The number of carboxylic acid groups (broad SMARTS) is 1. The molecule has 2 atom stereocenters. The summed E-state index contributed by atoms with van der Waals surface area (Å²) in [4.78, 5) is 24.0. The quantitative estimate of drug-likeness (QED) is 0.836. The Morgan fingerprint density at radius 1 is 1.39 bits per heavy atom. The zero-order valence-electron chi connectivity index (χ0n) is 10.0. The summed E-state index contributed by atoms with van der Waals surface area (Å²) in [5.41, 5.74) is 1.39. The molecule has 2 rings (SSSR count). The van der Waals surface area contributed by atoms with Gasteiger partial charge >= 0.3 is 5.97 Å². The van der Waals surface area contributed by atoms with Crippen LogP contribution < -0.4 is 4.90 Å². The molecule has 0 bridgehead atoms. The third kappa shape index (κ3) is 2.22. The van der Waals surface area contributed by atoms with Crippen LogP contribution in [0.25, 0.3) is 0 Å². The monoisotopic (exact) mass is 249 g/mol. The van der Waals surface area contributed by atoms with E-state index >= 15 is 0 Å². The van der Waals surface area contributed by atoms with Crippen LogP contribution in [0, 0.1) is 0 Å². The lowest BCUT2D eigenvalue weighted by atomic mass is 10.0. The average Bonchev–Trinajstić information content (AvgIpc) is 2.69. The second-order valence-electron chi connectivity index (χ2n) is 4.45. The Morgan fingerprint density at radius 2 is 2.00 bits per heavy atom. The van der Waals surface area contributed by atoms with Crippen molar-refractivity contribution in [3.05, 3.63) is 29.8 Å². The molecule has 1 aromatic rings. The van der Waals surface area contributed by atoms with Crippen LogP contribution in [0.4, 0.5) is 5.69 Å². The van der Waals surface area contributed by atoms with Gasteiger partial charge in [-0.15, -0.1) is 0 Å². The molecule has 0 radical (unpaired) electrons. The molecule has 1 aromatic carbocycles. The molecule has 1 aliphatic rings. The Morgan fingerprint density at radius 3 is 2.44 bits per heavy atom. The molecule has 1 amide bonds. The van der Waals surface area contributed by atoms with Crippen molar-refractivity contribution in [2.24, 2.45) is 0 Å². The first-order valence-corrected chi connectivity index (χ1v) is 5.83. The van der Waals surface area contributed by atoms with Gasteiger partial charge in [0.05, 0.1) is 5.92 Å². The van der Waals surface area contributed by atoms with Gasteiger partial charge in [-0.05, 0) is 24.6 Å². The van der Waals surface area contributed by atoms with E-state index in [-0.39, 0.29) is 5.91 Å². The van der Waals surface area contributed by atoms with Crippen molar-refractivity contribution in [2.45, 2.75) is 25.4 Å². The predicted octanol–water partition coefficient (Wildman–Crippen LogP) is 0.972. The molecule has 1 aliphatic heterocycles. The van der Waals surface area contributed by atoms with E-state index in [0.717, 1.165) is 0 Å². The summed E-state index contributed by atoms with van der Waals surface area (Å²) in [5, 5.41) is 18.3. The number of carboxylic acids is 1. The number of nitrogens with zero attached hydrogens (tertiary/aromatic N) is 1. The first-order chi connectivity index (χ1) is 8.50. The molecule has 5 heteroatoms. The summed E-state index contributed by atoms with van der Waals surface area (Å²) < 4.78 is 0. The average molecular weight is 249 g/mol. The first kappa shape index (κ1) is 12.6. The number of amides is 1. The normalized spacial score (nSPS) is 21.1. The number of rotatable bonds is 3. The van der Waals surface area contributed by atoms with Gasteiger partial charge in [0.15, 0.2) is 0 Å². The number of aliphatic hydroxyl groups excluding tert-OH is 1. The van der Waals surface area contributed by atoms with Gasteiger partial charge < -0.3 is 15.1 Å². The number of aliphatic carboxylic acids is 1. The highest BCUT2D eigenvalue weighted by atomic mass is 16.4. The van der Waals surface area contributed by atoms with Gasteiger partial charge in [-0.2, -0.15) is 0 Å². The highest BCUT2D eigenvalue weighted by Crippen LogP contribution is 2.24. The van der Waals surface area contributed by atoms with Crippen molar-refractivity contribution in [1.82, 2.24) is 0 Å². The van der Waals surface area contributed by atoms with E-state index in [4.69, 9.17) is 5.11 Å². The van der Waals surface area contributed by atoms with Crippen molar-refractivity contribution in [1.29, 1.82) is 0 Å². The lowest BCUT2D eigenvalue weighted by molar-refractivity contribution is -0.138. The minimum absolute atomic E-state index is 0.297. The summed E-state index contributed by atoms with van der Waals surface area (Å²) in [5.74, 6) is -1.75. The fourth-order valence-electron chi connectivity index (χ4n) is 2.01. The number of hydrogen-bond acceptors (Lipinski definition) is 3. The molecule has 0 spiro atoms. The van der Waals surface area contributed by atoms with E-state index in [0.29, 0.717) is 24.2 Å². The Balaban J connectivity index is 2.18. The molecule has 2 unspecified atom stereocenters. The van der Waals surface area contributed by atoms with Gasteiger partial charge in [-0.1, -0.05) is 12.1 Å². The molecule has 0 aromatic heterocycles. The Labute approximate surface area is 105 Å². The lowest BCUT2D eigenvalue weighted by Gasteiger charge is -2.16.